The van der Waals surface area contributed by atoms with Gasteiger partial charge in [0.15, 0.2) is 6.29 Å². The Morgan fingerprint density at radius 3 is 2.84 bits per heavy atom. The Hall–Kier alpha value is -3.17. The van der Waals surface area contributed by atoms with Gasteiger partial charge in [0.2, 0.25) is 0 Å². The lowest BCUT2D eigenvalue weighted by molar-refractivity contribution is 0.154. The zero-order valence-electron chi connectivity index (χ0n) is 18.0. The lowest BCUT2D eigenvalue weighted by Crippen LogP contribution is -2.46. The van der Waals surface area contributed by atoms with Gasteiger partial charge in [0, 0.05) is 43.1 Å². The van der Waals surface area contributed by atoms with Crippen LogP contribution in [0.4, 0.5) is 10.6 Å². The average Bonchev–Trinajstić information content (AvgIpc) is 3.46. The lowest BCUT2D eigenvalue weighted by Gasteiger charge is -2.29. The molecule has 9 nitrogen and oxygen atoms in total. The Balaban J connectivity index is 1.49. The van der Waals surface area contributed by atoms with Crippen molar-refractivity contribution in [3.05, 3.63) is 51.8 Å². The smallest absolute Gasteiger partial charge is 0.407 e. The summed E-state index contributed by atoms with van der Waals surface area (Å²) >= 11 is 0. The highest BCUT2D eigenvalue weighted by atomic mass is 16.5. The number of hydrogen-bond acceptors (Lipinski definition) is 6. The predicted octanol–water partition coefficient (Wildman–Crippen LogP) is 2.26. The number of rotatable bonds is 4. The van der Waals surface area contributed by atoms with Gasteiger partial charge in [0.05, 0.1) is 12.6 Å². The van der Waals surface area contributed by atoms with Gasteiger partial charge in [-0.15, -0.1) is 0 Å². The minimum Gasteiger partial charge on any atom is -0.465 e. The van der Waals surface area contributed by atoms with Crippen molar-refractivity contribution >= 4 is 18.1 Å². The van der Waals surface area contributed by atoms with E-state index in [1.54, 1.807) is 6.21 Å². The van der Waals surface area contributed by atoms with Crippen molar-refractivity contribution < 1.29 is 14.6 Å². The number of aromatic nitrogens is 1. The average molecular weight is 438 g/mol. The molecule has 2 aromatic rings. The third kappa shape index (κ3) is 3.78. The first kappa shape index (κ1) is 20.7. The quantitative estimate of drug-likeness (QED) is 0.677. The Morgan fingerprint density at radius 1 is 1.28 bits per heavy atom. The third-order valence-electron chi connectivity index (χ3n) is 6.46. The SMILES string of the molecule is Cc1ccccc1-c1cc2c(n(C3CCOC3)c1=O)NC(N[C@H]1CCN(C(=O)O)C1)N=C2. The van der Waals surface area contributed by atoms with Gasteiger partial charge >= 0.3 is 6.09 Å². The molecule has 168 valence electrons. The number of benzene rings is 1. The second-order valence-corrected chi connectivity index (χ2v) is 8.58. The van der Waals surface area contributed by atoms with Crippen LogP contribution in [0.5, 0.6) is 0 Å². The minimum absolute atomic E-state index is 0.00327. The van der Waals surface area contributed by atoms with Crippen LogP contribution < -0.4 is 16.2 Å². The van der Waals surface area contributed by atoms with Crippen LogP contribution in [0.15, 0.2) is 40.1 Å². The van der Waals surface area contributed by atoms with E-state index >= 15 is 0 Å². The fourth-order valence-electron chi connectivity index (χ4n) is 4.75. The van der Waals surface area contributed by atoms with Crippen LogP contribution in [0.1, 0.15) is 30.0 Å². The number of ether oxygens (including phenoxy) is 1. The van der Waals surface area contributed by atoms with Crippen LogP contribution in [0.2, 0.25) is 0 Å². The summed E-state index contributed by atoms with van der Waals surface area (Å²) in [6, 6.07) is 9.75. The first-order valence-electron chi connectivity index (χ1n) is 11.0. The summed E-state index contributed by atoms with van der Waals surface area (Å²) in [6.45, 7) is 4.06. The number of hydrogen-bond donors (Lipinski definition) is 3. The molecular weight excluding hydrogens is 410 g/mol. The maximum atomic E-state index is 13.7. The lowest BCUT2D eigenvalue weighted by atomic mass is 9.99. The highest BCUT2D eigenvalue weighted by Gasteiger charge is 2.31. The van der Waals surface area contributed by atoms with E-state index in [2.05, 4.69) is 15.6 Å². The number of nitrogens with zero attached hydrogens (tertiary/aromatic N) is 3. The Labute approximate surface area is 185 Å². The molecule has 0 saturated carbocycles. The van der Waals surface area contributed by atoms with E-state index in [-0.39, 0.29) is 17.6 Å². The molecule has 32 heavy (non-hydrogen) atoms. The number of carbonyl (C=O) groups is 1. The molecule has 3 aliphatic heterocycles. The molecule has 4 heterocycles. The second-order valence-electron chi connectivity index (χ2n) is 8.58. The molecule has 1 aromatic heterocycles. The van der Waals surface area contributed by atoms with Crippen LogP contribution in [-0.4, -0.2) is 65.5 Å². The van der Waals surface area contributed by atoms with Gasteiger partial charge < -0.3 is 20.1 Å². The Kier molecular flexibility index (Phi) is 5.44. The van der Waals surface area contributed by atoms with Gasteiger partial charge in [-0.3, -0.25) is 19.7 Å². The molecule has 3 N–H and O–H groups in total. The maximum absolute atomic E-state index is 13.7. The van der Waals surface area contributed by atoms with E-state index < -0.39 is 12.4 Å². The molecule has 5 rings (SSSR count). The molecule has 2 fully saturated rings. The van der Waals surface area contributed by atoms with Gasteiger partial charge in [-0.2, -0.15) is 0 Å². The molecule has 9 heteroatoms. The standard InChI is InChI=1S/C23H27N5O4/c1-14-4-2-3-5-18(14)19-10-15-11-24-22(25-16-6-8-27(12-16)23(30)31)26-20(15)28(21(19)29)17-7-9-32-13-17/h2-5,10-11,16-17,22,25-26H,6-9,12-13H2,1H3,(H,30,31)/t16-,17?,22?/m0/s1. The summed E-state index contributed by atoms with van der Waals surface area (Å²) < 4.78 is 7.42. The summed E-state index contributed by atoms with van der Waals surface area (Å²) in [6.07, 6.45) is 1.96. The van der Waals surface area contributed by atoms with E-state index in [1.165, 1.54) is 4.90 Å². The molecule has 0 radical (unpaired) electrons. The van der Waals surface area contributed by atoms with Crippen LogP contribution >= 0.6 is 0 Å². The van der Waals surface area contributed by atoms with Crippen molar-refractivity contribution in [2.75, 3.05) is 31.6 Å². The van der Waals surface area contributed by atoms with E-state index in [4.69, 9.17) is 4.74 Å². The zero-order valence-corrected chi connectivity index (χ0v) is 18.0. The molecule has 2 saturated heterocycles. The van der Waals surface area contributed by atoms with E-state index in [9.17, 15) is 14.7 Å². The fraction of sp³-hybridized carbons (Fsp3) is 0.435. The van der Waals surface area contributed by atoms with Crippen molar-refractivity contribution in [3.8, 4) is 11.1 Å². The van der Waals surface area contributed by atoms with Crippen molar-refractivity contribution in [2.45, 2.75) is 38.1 Å². The maximum Gasteiger partial charge on any atom is 0.407 e. The molecule has 2 unspecified atom stereocenters. The van der Waals surface area contributed by atoms with Gasteiger partial charge in [0.1, 0.15) is 5.82 Å². The number of anilines is 1. The summed E-state index contributed by atoms with van der Waals surface area (Å²) in [7, 11) is 0. The predicted molar refractivity (Wildman–Crippen MR) is 121 cm³/mol. The number of nitrogens with one attached hydrogen (secondary N) is 2. The van der Waals surface area contributed by atoms with Gasteiger partial charge in [-0.25, -0.2) is 4.79 Å². The number of aliphatic imine (C=N–C) groups is 1. The summed E-state index contributed by atoms with van der Waals surface area (Å²) in [5.74, 6) is 0.725. The number of amides is 1. The molecular formula is C23H27N5O4. The highest BCUT2D eigenvalue weighted by Crippen LogP contribution is 2.30. The summed E-state index contributed by atoms with van der Waals surface area (Å²) in [5.41, 5.74) is 3.42. The topological polar surface area (TPSA) is 108 Å². The monoisotopic (exact) mass is 437 g/mol. The number of pyridine rings is 1. The Bertz CT molecular complexity index is 1120. The molecule has 1 amide bonds. The van der Waals surface area contributed by atoms with Crippen molar-refractivity contribution in [3.63, 3.8) is 0 Å². The van der Waals surface area contributed by atoms with Crippen LogP contribution in [0.3, 0.4) is 0 Å². The highest BCUT2D eigenvalue weighted by molar-refractivity contribution is 5.90. The van der Waals surface area contributed by atoms with Gasteiger partial charge in [-0.05, 0) is 37.0 Å². The van der Waals surface area contributed by atoms with Crippen molar-refractivity contribution in [2.24, 2.45) is 4.99 Å². The molecule has 0 bridgehead atoms. The number of aryl methyl sites for hydroxylation is 1. The van der Waals surface area contributed by atoms with Crippen molar-refractivity contribution in [1.29, 1.82) is 0 Å². The molecule has 1 aromatic carbocycles. The largest absolute Gasteiger partial charge is 0.465 e. The zero-order chi connectivity index (χ0) is 22.2. The Morgan fingerprint density at radius 2 is 2.12 bits per heavy atom. The van der Waals surface area contributed by atoms with Crippen LogP contribution in [-0.2, 0) is 4.74 Å². The summed E-state index contributed by atoms with van der Waals surface area (Å²) in [4.78, 5) is 30.9. The number of fused-ring (bicyclic) bond motifs is 1. The first-order valence-corrected chi connectivity index (χ1v) is 11.0. The third-order valence-corrected chi connectivity index (χ3v) is 6.46. The van der Waals surface area contributed by atoms with Crippen LogP contribution in [0, 0.1) is 6.92 Å². The normalized spacial score (nSPS) is 24.4. The van der Waals surface area contributed by atoms with Crippen molar-refractivity contribution in [1.82, 2.24) is 14.8 Å². The van der Waals surface area contributed by atoms with Gasteiger partial charge in [0.25, 0.3) is 5.56 Å². The fourth-order valence-corrected chi connectivity index (χ4v) is 4.75. The summed E-state index contributed by atoms with van der Waals surface area (Å²) in [5, 5.41) is 16.0. The number of carboxylic acid groups (broad SMARTS) is 1. The molecule has 0 spiro atoms. The molecule has 3 aliphatic rings. The van der Waals surface area contributed by atoms with E-state index in [0.29, 0.717) is 31.9 Å². The minimum atomic E-state index is -0.904. The van der Waals surface area contributed by atoms with Gasteiger partial charge in [-0.1, -0.05) is 24.3 Å². The van der Waals surface area contributed by atoms with Crippen LogP contribution in [0.25, 0.3) is 11.1 Å². The van der Waals surface area contributed by atoms with E-state index in [0.717, 1.165) is 35.3 Å². The molecule has 3 atom stereocenters. The molecule has 0 aliphatic carbocycles. The number of likely N-dealkylation sites (tertiary alicyclic amines) is 1. The van der Waals surface area contributed by atoms with E-state index in [1.807, 2.05) is 41.8 Å². The second kappa shape index (κ2) is 8.40. The first-order chi connectivity index (χ1) is 15.5.